The number of pyridine rings is 1. The molecule has 2 aromatic carbocycles. The van der Waals surface area contributed by atoms with Crippen LogP contribution in [-0.4, -0.2) is 44.9 Å². The molecule has 166 valence electrons. The Hall–Kier alpha value is -4.27. The smallest absolute Gasteiger partial charge is 0.278 e. The number of carbonyl (C=O) groups is 2. The Morgan fingerprint density at radius 2 is 1.82 bits per heavy atom. The normalized spacial score (nSPS) is 13.4. The van der Waals surface area contributed by atoms with Crippen LogP contribution in [0.1, 0.15) is 39.4 Å². The molecule has 4 aromatic rings. The third-order valence-electron chi connectivity index (χ3n) is 5.93. The Labute approximate surface area is 190 Å². The van der Waals surface area contributed by atoms with Crippen molar-refractivity contribution < 1.29 is 9.59 Å². The molecule has 0 bridgehead atoms. The number of fused-ring (bicyclic) bond motifs is 1. The lowest BCUT2D eigenvalue weighted by atomic mass is 10.1. The number of nitrogens with zero attached hydrogens (tertiary/aromatic N) is 5. The second-order valence-electron chi connectivity index (χ2n) is 8.03. The van der Waals surface area contributed by atoms with E-state index < -0.39 is 11.8 Å². The summed E-state index contributed by atoms with van der Waals surface area (Å²) in [5.41, 5.74) is 9.47. The zero-order valence-corrected chi connectivity index (χ0v) is 18.2. The minimum atomic E-state index is -0.552. The van der Waals surface area contributed by atoms with Crippen molar-refractivity contribution in [3.05, 3.63) is 71.7 Å². The van der Waals surface area contributed by atoms with E-state index in [4.69, 9.17) is 5.73 Å². The van der Waals surface area contributed by atoms with Crippen LogP contribution in [0.5, 0.6) is 0 Å². The van der Waals surface area contributed by atoms with Crippen LogP contribution in [0.4, 0.5) is 11.4 Å². The summed E-state index contributed by atoms with van der Waals surface area (Å²) in [7, 11) is 0. The van der Waals surface area contributed by atoms with Crippen molar-refractivity contribution in [2.45, 2.75) is 19.8 Å². The molecule has 1 aliphatic rings. The predicted octanol–water partition coefficient (Wildman–Crippen LogP) is 3.08. The Morgan fingerprint density at radius 1 is 1.03 bits per heavy atom. The van der Waals surface area contributed by atoms with Gasteiger partial charge in [-0.15, -0.1) is 5.10 Å². The number of nitrogens with two attached hydrogens (primary N) is 1. The van der Waals surface area contributed by atoms with Gasteiger partial charge in [0.05, 0.1) is 28.3 Å². The van der Waals surface area contributed by atoms with Gasteiger partial charge in [0.2, 0.25) is 5.91 Å². The van der Waals surface area contributed by atoms with Gasteiger partial charge < -0.3 is 16.0 Å². The molecule has 0 unspecified atom stereocenters. The molecule has 1 saturated heterocycles. The van der Waals surface area contributed by atoms with Gasteiger partial charge in [0.1, 0.15) is 0 Å². The van der Waals surface area contributed by atoms with Crippen molar-refractivity contribution in [2.24, 2.45) is 5.73 Å². The lowest BCUT2D eigenvalue weighted by Gasteiger charge is -2.22. The van der Waals surface area contributed by atoms with Crippen LogP contribution < -0.4 is 16.0 Å². The van der Waals surface area contributed by atoms with Crippen LogP contribution in [0.15, 0.2) is 54.7 Å². The second kappa shape index (κ2) is 8.34. The van der Waals surface area contributed by atoms with E-state index >= 15 is 0 Å². The molecule has 3 N–H and O–H groups in total. The van der Waals surface area contributed by atoms with Crippen LogP contribution in [-0.2, 0) is 0 Å². The predicted molar refractivity (Wildman–Crippen MR) is 126 cm³/mol. The highest BCUT2D eigenvalue weighted by molar-refractivity contribution is 6.06. The van der Waals surface area contributed by atoms with Crippen molar-refractivity contribution in [1.82, 2.24) is 20.0 Å². The maximum absolute atomic E-state index is 13.2. The Kier molecular flexibility index (Phi) is 5.21. The van der Waals surface area contributed by atoms with E-state index in [1.165, 1.54) is 0 Å². The van der Waals surface area contributed by atoms with Crippen LogP contribution in [0.2, 0.25) is 0 Å². The number of aromatic nitrogens is 4. The maximum Gasteiger partial charge on any atom is 0.278 e. The summed E-state index contributed by atoms with van der Waals surface area (Å²) >= 11 is 0. The number of amides is 2. The molecule has 9 nitrogen and oxygen atoms in total. The van der Waals surface area contributed by atoms with Gasteiger partial charge in [-0.05, 0) is 50.1 Å². The molecule has 9 heteroatoms. The molecule has 0 saturated carbocycles. The Morgan fingerprint density at radius 3 is 2.61 bits per heavy atom. The molecule has 0 atom stereocenters. The van der Waals surface area contributed by atoms with Crippen molar-refractivity contribution in [2.75, 3.05) is 23.3 Å². The van der Waals surface area contributed by atoms with Gasteiger partial charge in [0.25, 0.3) is 5.91 Å². The summed E-state index contributed by atoms with van der Waals surface area (Å²) in [4.78, 5) is 31.6. The van der Waals surface area contributed by atoms with Crippen molar-refractivity contribution in [3.63, 3.8) is 0 Å². The molecule has 33 heavy (non-hydrogen) atoms. The number of para-hydroxylation sites is 1. The van der Waals surface area contributed by atoms with Crippen LogP contribution in [0.25, 0.3) is 16.6 Å². The number of nitrogens with one attached hydrogen (secondary N) is 1. The topological polar surface area (TPSA) is 119 Å². The number of anilines is 2. The quantitative estimate of drug-likeness (QED) is 0.491. The third-order valence-corrected chi connectivity index (χ3v) is 5.93. The number of carbonyl (C=O) groups excluding carboxylic acids is 2. The van der Waals surface area contributed by atoms with E-state index in [9.17, 15) is 9.59 Å². The van der Waals surface area contributed by atoms with E-state index in [1.807, 2.05) is 36.4 Å². The van der Waals surface area contributed by atoms with E-state index in [0.717, 1.165) is 48.2 Å². The number of hydrogen-bond acceptors (Lipinski definition) is 6. The Bertz CT molecular complexity index is 1370. The van der Waals surface area contributed by atoms with Gasteiger partial charge in [-0.25, -0.2) is 4.68 Å². The number of hydrogen-bond donors (Lipinski definition) is 2. The molecule has 0 aliphatic carbocycles. The molecule has 1 aliphatic heterocycles. The Balaban J connectivity index is 1.50. The van der Waals surface area contributed by atoms with Crippen molar-refractivity contribution in [3.8, 4) is 5.69 Å². The molecule has 3 heterocycles. The highest BCUT2D eigenvalue weighted by Gasteiger charge is 2.22. The van der Waals surface area contributed by atoms with Crippen molar-refractivity contribution in [1.29, 1.82) is 0 Å². The molecule has 2 amide bonds. The SMILES string of the molecule is Cc1c(C(=O)Nc2cc(C(N)=O)ccc2N2CCCC2)nnn1-c1cccc2cccnc12. The number of benzene rings is 2. The van der Waals surface area contributed by atoms with Gasteiger partial charge in [-0.1, -0.05) is 23.4 Å². The van der Waals surface area contributed by atoms with Crippen LogP contribution in [0, 0.1) is 6.92 Å². The highest BCUT2D eigenvalue weighted by atomic mass is 16.2. The first kappa shape index (κ1) is 20.6. The third kappa shape index (κ3) is 3.78. The minimum Gasteiger partial charge on any atom is -0.370 e. The number of primary amides is 1. The van der Waals surface area contributed by atoms with E-state index in [1.54, 1.807) is 29.9 Å². The molecule has 5 rings (SSSR count). The second-order valence-corrected chi connectivity index (χ2v) is 8.03. The summed E-state index contributed by atoms with van der Waals surface area (Å²) in [5.74, 6) is -0.960. The summed E-state index contributed by atoms with van der Waals surface area (Å²) < 4.78 is 1.62. The zero-order chi connectivity index (χ0) is 22.9. The van der Waals surface area contributed by atoms with E-state index in [2.05, 4.69) is 25.5 Å². The summed E-state index contributed by atoms with van der Waals surface area (Å²) in [6, 6.07) is 14.7. The standard InChI is InChI=1S/C24H23N7O2/c1-15-21(28-29-31(15)20-8-4-6-16-7-5-11-26-22(16)20)24(33)27-18-14-17(23(25)32)9-10-19(18)30-12-2-3-13-30/h4-11,14H,2-3,12-13H2,1H3,(H2,25,32)(H,27,33). The molecular formula is C24H23N7O2. The molecule has 1 fully saturated rings. The minimum absolute atomic E-state index is 0.194. The van der Waals surface area contributed by atoms with E-state index in [-0.39, 0.29) is 5.69 Å². The van der Waals surface area contributed by atoms with Gasteiger partial charge in [0, 0.05) is 30.2 Å². The van der Waals surface area contributed by atoms with Crippen LogP contribution in [0.3, 0.4) is 0 Å². The fraction of sp³-hybridized carbons (Fsp3) is 0.208. The first-order chi connectivity index (χ1) is 16.0. The van der Waals surface area contributed by atoms with Gasteiger partial charge in [-0.2, -0.15) is 0 Å². The summed E-state index contributed by atoms with van der Waals surface area (Å²) in [6.45, 7) is 3.57. The van der Waals surface area contributed by atoms with Gasteiger partial charge in [0.15, 0.2) is 5.69 Å². The van der Waals surface area contributed by atoms with Crippen LogP contribution >= 0.6 is 0 Å². The molecule has 0 radical (unpaired) electrons. The number of rotatable bonds is 5. The molecule has 2 aromatic heterocycles. The highest BCUT2D eigenvalue weighted by Crippen LogP contribution is 2.31. The lowest BCUT2D eigenvalue weighted by Crippen LogP contribution is -2.22. The van der Waals surface area contributed by atoms with Gasteiger partial charge in [-0.3, -0.25) is 14.6 Å². The lowest BCUT2D eigenvalue weighted by molar-refractivity contribution is 0.0995. The average Bonchev–Trinajstić information content (AvgIpc) is 3.49. The fourth-order valence-corrected chi connectivity index (χ4v) is 4.23. The largest absolute Gasteiger partial charge is 0.370 e. The fourth-order valence-electron chi connectivity index (χ4n) is 4.23. The summed E-state index contributed by atoms with van der Waals surface area (Å²) in [6.07, 6.45) is 3.88. The zero-order valence-electron chi connectivity index (χ0n) is 18.2. The average molecular weight is 441 g/mol. The van der Waals surface area contributed by atoms with Crippen molar-refractivity contribution >= 4 is 34.1 Å². The van der Waals surface area contributed by atoms with Gasteiger partial charge >= 0.3 is 0 Å². The first-order valence-corrected chi connectivity index (χ1v) is 10.8. The maximum atomic E-state index is 13.2. The van der Waals surface area contributed by atoms with E-state index in [0.29, 0.717) is 16.9 Å². The molecular weight excluding hydrogens is 418 g/mol. The monoisotopic (exact) mass is 441 g/mol. The molecule has 0 spiro atoms. The first-order valence-electron chi connectivity index (χ1n) is 10.8. The summed E-state index contributed by atoms with van der Waals surface area (Å²) in [5, 5.41) is 12.3.